The van der Waals surface area contributed by atoms with Crippen LogP contribution in [0.4, 0.5) is 40.9 Å². The molecule has 2 N–H and O–H groups in total. The molecule has 0 aliphatic heterocycles. The summed E-state index contributed by atoms with van der Waals surface area (Å²) in [4.78, 5) is 18.8. The molecule has 0 saturated heterocycles. The van der Waals surface area contributed by atoms with Gasteiger partial charge in [-0.2, -0.15) is 31.8 Å². The monoisotopic (exact) mass is 943 g/mol. The first-order valence-corrected chi connectivity index (χ1v) is 22.8. The third-order valence-electron chi connectivity index (χ3n) is 10.6. The van der Waals surface area contributed by atoms with Gasteiger partial charge in [0, 0.05) is 29.2 Å². The molecule has 3 aromatic heterocycles. The van der Waals surface area contributed by atoms with Crippen LogP contribution in [-0.4, -0.2) is 65.9 Å². The lowest BCUT2D eigenvalue weighted by molar-refractivity contribution is -0.141. The van der Waals surface area contributed by atoms with Crippen molar-refractivity contribution in [1.82, 2.24) is 29.9 Å². The molecule has 1 saturated carbocycles. The van der Waals surface area contributed by atoms with Gasteiger partial charge in [-0.05, 0) is 88.3 Å². The summed E-state index contributed by atoms with van der Waals surface area (Å²) < 4.78 is 158. The molecule has 336 valence electrons. The third kappa shape index (κ3) is 9.64. The topological polar surface area (TPSA) is 147 Å². The fourth-order valence-corrected chi connectivity index (χ4v) is 10.1. The second-order valence-corrected chi connectivity index (χ2v) is 20.2. The Kier molecular flexibility index (Phi) is 12.4. The van der Waals surface area contributed by atoms with Crippen molar-refractivity contribution in [2.24, 2.45) is 0 Å². The minimum absolute atomic E-state index is 0.0122. The Morgan fingerprint density at radius 3 is 2.33 bits per heavy atom. The van der Waals surface area contributed by atoms with E-state index < -0.39 is 105 Å². The van der Waals surface area contributed by atoms with Crippen LogP contribution in [0.25, 0.3) is 22.0 Å². The number of hydrogen-bond donors (Lipinski definition) is 2. The summed E-state index contributed by atoms with van der Waals surface area (Å²) in [5.41, 5.74) is -1.59. The maximum absolute atomic E-state index is 15.2. The minimum Gasteiger partial charge on any atom is -0.593 e. The molecule has 1 amide bonds. The highest BCUT2D eigenvalue weighted by molar-refractivity contribution is 7.93. The molecule has 2 aliphatic rings. The van der Waals surface area contributed by atoms with E-state index in [1.165, 1.54) is 44.4 Å². The minimum atomic E-state index is -4.85. The molecular formula is C41H38ClF8N7O4S2. The number of alkyl halides is 6. The van der Waals surface area contributed by atoms with Crippen LogP contribution in [0.3, 0.4) is 0 Å². The zero-order valence-corrected chi connectivity index (χ0v) is 36.2. The second-order valence-electron chi connectivity index (χ2n) is 15.9. The van der Waals surface area contributed by atoms with E-state index in [1.54, 1.807) is 0 Å². The average molecular weight is 944 g/mol. The number of amides is 1. The lowest BCUT2D eigenvalue weighted by Gasteiger charge is -2.23. The van der Waals surface area contributed by atoms with Gasteiger partial charge in [0.2, 0.25) is 11.7 Å². The van der Waals surface area contributed by atoms with Gasteiger partial charge >= 0.3 is 6.18 Å². The number of anilines is 1. The van der Waals surface area contributed by atoms with Gasteiger partial charge in [0.1, 0.15) is 59.0 Å². The quantitative estimate of drug-likeness (QED) is 0.0681. The zero-order valence-electron chi connectivity index (χ0n) is 33.8. The Bertz CT molecular complexity index is 2780. The molecule has 0 radical (unpaired) electrons. The Labute approximate surface area is 364 Å². The maximum Gasteiger partial charge on any atom is 0.408 e. The molecule has 7 rings (SSSR count). The number of pyridine rings is 1. The first-order valence-electron chi connectivity index (χ1n) is 19.3. The fraction of sp³-hybridized carbons (Fsp3) is 0.415. The van der Waals surface area contributed by atoms with Gasteiger partial charge in [-0.3, -0.25) is 14.2 Å². The third-order valence-corrected chi connectivity index (χ3v) is 14.3. The number of halogens is 9. The normalized spacial score (nSPS) is 16.6. The van der Waals surface area contributed by atoms with Gasteiger partial charge in [0.05, 0.1) is 44.3 Å². The number of carbonyl (C=O) groups is 1. The van der Waals surface area contributed by atoms with E-state index in [9.17, 15) is 44.1 Å². The van der Waals surface area contributed by atoms with E-state index in [0.717, 1.165) is 19.1 Å². The number of hydrogen-bond acceptors (Lipinski definition) is 8. The van der Waals surface area contributed by atoms with E-state index in [-0.39, 0.29) is 67.5 Å². The van der Waals surface area contributed by atoms with Gasteiger partial charge in [-0.25, -0.2) is 26.6 Å². The highest BCUT2D eigenvalue weighted by Crippen LogP contribution is 2.45. The first-order chi connectivity index (χ1) is 29.3. The molecule has 2 aromatic carbocycles. The van der Waals surface area contributed by atoms with Crippen molar-refractivity contribution >= 4 is 55.4 Å². The van der Waals surface area contributed by atoms with E-state index in [0.29, 0.717) is 28.3 Å². The van der Waals surface area contributed by atoms with E-state index in [1.807, 2.05) is 0 Å². The van der Waals surface area contributed by atoms with E-state index >= 15 is 8.78 Å². The number of carbonyl (C=O) groups excluding carboxylic acids is 1. The Morgan fingerprint density at radius 2 is 1.71 bits per heavy atom. The average Bonchev–Trinajstić information content (AvgIpc) is 3.79. The summed E-state index contributed by atoms with van der Waals surface area (Å²) in [5.74, 6) is -1.27. The van der Waals surface area contributed by atoms with Gasteiger partial charge in [-0.15, -0.1) is 5.10 Å². The van der Waals surface area contributed by atoms with Gasteiger partial charge in [0.15, 0.2) is 9.84 Å². The second kappa shape index (κ2) is 16.9. The summed E-state index contributed by atoms with van der Waals surface area (Å²) in [6, 6.07) is 6.37. The molecule has 63 heavy (non-hydrogen) atoms. The van der Waals surface area contributed by atoms with Crippen molar-refractivity contribution in [3.8, 4) is 23.0 Å². The SMILES string of the molecule is CC(F)c1nn(CC(=O)N[C@@H](Cc2cc(F)cc(F)c2)c2nc(C#CC(C)(C)S(=O)(=O)C3CC3)ccc2-c2ccc(Cl)c3c(N[S+](C)[O-])nn(CC(F)(F)F)c23)c2c1CCC2(F)F. The van der Waals surface area contributed by atoms with Crippen LogP contribution < -0.4 is 10.0 Å². The van der Waals surface area contributed by atoms with Crippen LogP contribution >= 0.6 is 11.6 Å². The Morgan fingerprint density at radius 1 is 1.05 bits per heavy atom. The van der Waals surface area contributed by atoms with Crippen molar-refractivity contribution in [1.29, 1.82) is 0 Å². The summed E-state index contributed by atoms with van der Waals surface area (Å²) in [7, 11) is -3.74. The molecule has 1 fully saturated rings. The predicted molar refractivity (Wildman–Crippen MR) is 220 cm³/mol. The van der Waals surface area contributed by atoms with Crippen molar-refractivity contribution in [3.05, 3.63) is 93.0 Å². The molecular weight excluding hydrogens is 906 g/mol. The predicted octanol–water partition coefficient (Wildman–Crippen LogP) is 8.37. The van der Waals surface area contributed by atoms with Crippen molar-refractivity contribution < 1.29 is 52.9 Å². The fourth-order valence-electron chi connectivity index (χ4n) is 7.67. The van der Waals surface area contributed by atoms with Gasteiger partial charge < -0.3 is 9.87 Å². The van der Waals surface area contributed by atoms with Crippen molar-refractivity contribution in [2.75, 3.05) is 11.0 Å². The summed E-state index contributed by atoms with van der Waals surface area (Å²) in [6.07, 6.45) is -5.80. The van der Waals surface area contributed by atoms with Crippen LogP contribution in [0.2, 0.25) is 5.02 Å². The molecule has 3 atom stereocenters. The number of sulfone groups is 1. The van der Waals surface area contributed by atoms with Crippen molar-refractivity contribution in [3.63, 3.8) is 0 Å². The number of nitrogens with zero attached hydrogens (tertiary/aromatic N) is 5. The van der Waals surface area contributed by atoms with Crippen LogP contribution in [0.15, 0.2) is 42.5 Å². The number of rotatable bonds is 13. The van der Waals surface area contributed by atoms with Gasteiger partial charge in [0.25, 0.3) is 5.92 Å². The molecule has 5 aromatic rings. The Balaban J connectivity index is 1.44. The number of nitrogens with one attached hydrogen (secondary N) is 2. The number of fused-ring (bicyclic) bond motifs is 2. The summed E-state index contributed by atoms with van der Waals surface area (Å²) >= 11 is 4.71. The van der Waals surface area contributed by atoms with E-state index in [2.05, 4.69) is 37.1 Å². The van der Waals surface area contributed by atoms with Crippen LogP contribution in [0.1, 0.15) is 86.1 Å². The van der Waals surface area contributed by atoms with Crippen LogP contribution in [0, 0.1) is 23.5 Å². The molecule has 2 aliphatic carbocycles. The summed E-state index contributed by atoms with van der Waals surface area (Å²) in [5, 5.41) is 9.93. The zero-order chi connectivity index (χ0) is 46.0. The van der Waals surface area contributed by atoms with Crippen LogP contribution in [-0.2, 0) is 57.8 Å². The van der Waals surface area contributed by atoms with E-state index in [4.69, 9.17) is 11.6 Å². The lowest BCUT2D eigenvalue weighted by atomic mass is 9.93. The van der Waals surface area contributed by atoms with Gasteiger partial charge in [-0.1, -0.05) is 23.6 Å². The highest BCUT2D eigenvalue weighted by Gasteiger charge is 2.47. The van der Waals surface area contributed by atoms with Crippen LogP contribution in [0.5, 0.6) is 0 Å². The Hall–Kier alpha value is -4.91. The number of benzene rings is 2. The molecule has 0 spiro atoms. The smallest absolute Gasteiger partial charge is 0.408 e. The molecule has 11 nitrogen and oxygen atoms in total. The summed E-state index contributed by atoms with van der Waals surface area (Å²) in [6.45, 7) is 1.38. The lowest BCUT2D eigenvalue weighted by Crippen LogP contribution is -2.35. The van der Waals surface area contributed by atoms with Crippen molar-refractivity contribution in [2.45, 2.75) is 100 Å². The molecule has 22 heteroatoms. The largest absolute Gasteiger partial charge is 0.593 e. The first kappa shape index (κ1) is 46.1. The standard InChI is InChI=1S/C41H38ClF8N7O4S2/c1-21(43)34-29-12-14-40(46,47)37(29)56(53-34)19-32(58)52-31(17-22-15-23(44)18-24(45)16-22)35-27(8-5-25(51-35)11-13-39(2,3)63(60,61)26-6-7-26)28-9-10-30(42)33-36(28)57(20-41(48,49)50)54-38(33)55-62(4)59/h5,8-10,15-16,18,21,26,31H,6-7,12,14,17,19-20H2,1-4H3,(H,52,58)(H,54,55)/t21?,31-,62?/m0/s1. The number of aromatic nitrogens is 5. The molecule has 2 unspecified atom stereocenters. The highest BCUT2D eigenvalue weighted by atomic mass is 35.5. The molecule has 0 bridgehead atoms. The molecule has 3 heterocycles. The maximum atomic E-state index is 15.2.